The Morgan fingerprint density at radius 2 is 1.90 bits per heavy atom. The number of hydrogen-bond donors (Lipinski definition) is 2. The van der Waals surface area contributed by atoms with E-state index in [1.165, 1.54) is 52.5 Å². The van der Waals surface area contributed by atoms with Crippen molar-refractivity contribution in [3.8, 4) is 11.5 Å². The third kappa shape index (κ3) is 5.19. The Hall–Kier alpha value is -3.26. The van der Waals surface area contributed by atoms with Gasteiger partial charge < -0.3 is 14.9 Å². The molecule has 0 aliphatic carbocycles. The maximum atomic E-state index is 13.8. The zero-order valence-corrected chi connectivity index (χ0v) is 24.9. The van der Waals surface area contributed by atoms with Gasteiger partial charge in [0.05, 0.1) is 38.8 Å². The molecule has 13 heteroatoms. The first-order valence-corrected chi connectivity index (χ1v) is 14.9. The Kier molecular flexibility index (Phi) is 7.76. The molecule has 1 aliphatic rings. The lowest BCUT2D eigenvalue weighted by Crippen LogP contribution is -2.31. The van der Waals surface area contributed by atoms with Gasteiger partial charge in [-0.1, -0.05) is 53.4 Å². The van der Waals surface area contributed by atoms with Crippen LogP contribution in [0.2, 0.25) is 0 Å². The molecule has 0 spiro atoms. The van der Waals surface area contributed by atoms with E-state index in [9.17, 15) is 19.8 Å². The summed E-state index contributed by atoms with van der Waals surface area (Å²) in [6.07, 6.45) is 0. The summed E-state index contributed by atoms with van der Waals surface area (Å²) in [5, 5.41) is 30.9. The maximum Gasteiger partial charge on any atom is 0.296 e. The summed E-state index contributed by atoms with van der Waals surface area (Å²) in [5.41, 5.74) is 1.93. The van der Waals surface area contributed by atoms with E-state index in [-0.39, 0.29) is 22.2 Å². The van der Waals surface area contributed by atoms with Gasteiger partial charge in [-0.25, -0.2) is 4.98 Å². The molecular weight excluding hydrogens is 624 g/mol. The topological polar surface area (TPSA) is 126 Å². The number of benzene rings is 2. The fourth-order valence-electron chi connectivity index (χ4n) is 4.20. The predicted molar refractivity (Wildman–Crippen MR) is 154 cm³/mol. The standard InChI is InChI=1S/C26H21BrN4O5S3/c1-12-23(38-13(2)28-12)21(33)18-19(15-9-16(27)20(32)17(10-15)36-3)31(24(35)22(18)34)25-29-30-26(39-25)37-11-14-7-5-4-6-8-14/h4-10,19,32,34H,11H2,1-3H3. The average molecular weight is 646 g/mol. The van der Waals surface area contributed by atoms with Crippen molar-refractivity contribution < 1.29 is 24.5 Å². The van der Waals surface area contributed by atoms with E-state index >= 15 is 0 Å². The molecule has 1 atom stereocenters. The van der Waals surface area contributed by atoms with Crippen LogP contribution in [-0.2, 0) is 10.5 Å². The number of aliphatic hydroxyl groups excluding tert-OH is 1. The highest BCUT2D eigenvalue weighted by molar-refractivity contribution is 9.10. The highest BCUT2D eigenvalue weighted by Crippen LogP contribution is 2.47. The number of phenolic OH excluding ortho intramolecular Hbond substituents is 1. The van der Waals surface area contributed by atoms with E-state index in [0.29, 0.717) is 35.7 Å². The molecule has 1 amide bonds. The van der Waals surface area contributed by atoms with Crippen LogP contribution >= 0.6 is 50.4 Å². The van der Waals surface area contributed by atoms with Gasteiger partial charge in [-0.2, -0.15) is 0 Å². The molecule has 1 aliphatic heterocycles. The third-order valence-corrected chi connectivity index (χ3v) is 9.76. The molecule has 2 N–H and O–H groups in total. The Labute approximate surface area is 244 Å². The first-order chi connectivity index (χ1) is 18.7. The number of phenols is 1. The van der Waals surface area contributed by atoms with Crippen LogP contribution in [0.4, 0.5) is 5.13 Å². The number of carbonyl (C=O) groups is 2. The third-order valence-electron chi connectivity index (χ3n) is 5.96. The molecule has 3 heterocycles. The number of anilines is 1. The SMILES string of the molecule is COc1cc(C2C(C(=O)c3sc(C)nc3C)=C(O)C(=O)N2c2nnc(SCc3ccccc3)s2)cc(Br)c1O. The van der Waals surface area contributed by atoms with Gasteiger partial charge in [0.2, 0.25) is 10.9 Å². The number of aromatic hydroxyl groups is 1. The highest BCUT2D eigenvalue weighted by atomic mass is 79.9. The zero-order chi connectivity index (χ0) is 27.8. The monoisotopic (exact) mass is 644 g/mol. The lowest BCUT2D eigenvalue weighted by molar-refractivity contribution is -0.117. The number of thioether (sulfide) groups is 1. The fraction of sp³-hybridized carbons (Fsp3) is 0.192. The number of aryl methyl sites for hydroxylation is 2. The minimum absolute atomic E-state index is 0.111. The minimum atomic E-state index is -1.06. The molecule has 200 valence electrons. The number of thiazole rings is 1. The summed E-state index contributed by atoms with van der Waals surface area (Å²) >= 11 is 7.16. The number of nitrogens with zero attached hydrogens (tertiary/aromatic N) is 4. The number of rotatable bonds is 8. The predicted octanol–water partition coefficient (Wildman–Crippen LogP) is 6.16. The second-order valence-electron chi connectivity index (χ2n) is 8.49. The van der Waals surface area contributed by atoms with Crippen molar-refractivity contribution >= 4 is 67.2 Å². The van der Waals surface area contributed by atoms with E-state index in [1.807, 2.05) is 30.3 Å². The lowest BCUT2D eigenvalue weighted by atomic mass is 9.95. The quantitative estimate of drug-likeness (QED) is 0.132. The summed E-state index contributed by atoms with van der Waals surface area (Å²) < 4.78 is 6.24. The first-order valence-electron chi connectivity index (χ1n) is 11.5. The Morgan fingerprint density at radius 3 is 2.56 bits per heavy atom. The molecule has 9 nitrogen and oxygen atoms in total. The van der Waals surface area contributed by atoms with Crippen molar-refractivity contribution in [1.29, 1.82) is 0 Å². The van der Waals surface area contributed by atoms with Crippen LogP contribution in [0.25, 0.3) is 0 Å². The molecule has 39 heavy (non-hydrogen) atoms. The molecule has 0 saturated carbocycles. The Morgan fingerprint density at radius 1 is 1.15 bits per heavy atom. The molecular formula is C26H21BrN4O5S3. The normalized spacial score (nSPS) is 15.3. The van der Waals surface area contributed by atoms with Gasteiger partial charge in [0.15, 0.2) is 21.6 Å². The van der Waals surface area contributed by atoms with Crippen LogP contribution in [0.3, 0.4) is 0 Å². The van der Waals surface area contributed by atoms with Crippen LogP contribution in [0, 0.1) is 13.8 Å². The van der Waals surface area contributed by atoms with Gasteiger partial charge in [0.25, 0.3) is 5.91 Å². The number of aliphatic hydroxyl groups is 1. The van der Waals surface area contributed by atoms with Crippen molar-refractivity contribution in [2.75, 3.05) is 12.0 Å². The fourth-order valence-corrected chi connectivity index (χ4v) is 7.36. The van der Waals surface area contributed by atoms with Gasteiger partial charge >= 0.3 is 0 Å². The van der Waals surface area contributed by atoms with Crippen molar-refractivity contribution in [3.63, 3.8) is 0 Å². The number of ketones is 1. The van der Waals surface area contributed by atoms with E-state index in [4.69, 9.17) is 4.74 Å². The number of aromatic nitrogens is 3. The Bertz CT molecular complexity index is 1620. The molecule has 0 bridgehead atoms. The van der Waals surface area contributed by atoms with Gasteiger partial charge in [0.1, 0.15) is 0 Å². The van der Waals surface area contributed by atoms with Crippen LogP contribution in [-0.4, -0.2) is 44.2 Å². The van der Waals surface area contributed by atoms with Crippen LogP contribution in [0.15, 0.2) is 62.6 Å². The first kappa shape index (κ1) is 27.3. The minimum Gasteiger partial charge on any atom is -0.503 e. The zero-order valence-electron chi connectivity index (χ0n) is 20.8. The van der Waals surface area contributed by atoms with Gasteiger partial charge in [-0.3, -0.25) is 14.5 Å². The highest BCUT2D eigenvalue weighted by Gasteiger charge is 2.47. The largest absolute Gasteiger partial charge is 0.503 e. The van der Waals surface area contributed by atoms with Crippen LogP contribution < -0.4 is 9.64 Å². The van der Waals surface area contributed by atoms with E-state index < -0.39 is 23.5 Å². The number of halogens is 1. The number of ether oxygens (including phenoxy) is 1. The summed E-state index contributed by atoms with van der Waals surface area (Å²) in [6, 6.07) is 11.9. The van der Waals surface area contributed by atoms with Crippen molar-refractivity contribution in [1.82, 2.24) is 15.2 Å². The van der Waals surface area contributed by atoms with Crippen LogP contribution in [0.5, 0.6) is 11.5 Å². The van der Waals surface area contributed by atoms with Gasteiger partial charge in [-0.05, 0) is 53.0 Å². The van der Waals surface area contributed by atoms with Gasteiger partial charge in [0, 0.05) is 5.75 Å². The molecule has 2 aromatic carbocycles. The number of Topliss-reactive ketones (excluding diaryl/α,β-unsaturated/α-hetero) is 1. The number of amides is 1. The smallest absolute Gasteiger partial charge is 0.296 e. The summed E-state index contributed by atoms with van der Waals surface area (Å²) in [4.78, 5) is 33.2. The molecule has 4 aromatic rings. The summed E-state index contributed by atoms with van der Waals surface area (Å²) in [7, 11) is 1.40. The second-order valence-corrected chi connectivity index (χ2v) is 12.7. The number of hydrogen-bond acceptors (Lipinski definition) is 11. The van der Waals surface area contributed by atoms with Crippen molar-refractivity contribution in [2.45, 2.75) is 30.0 Å². The molecule has 1 unspecified atom stereocenters. The molecule has 0 fully saturated rings. The summed E-state index contributed by atoms with van der Waals surface area (Å²) in [5.74, 6) is -1.31. The molecule has 0 saturated heterocycles. The maximum absolute atomic E-state index is 13.8. The molecule has 2 aromatic heterocycles. The van der Waals surface area contributed by atoms with E-state index in [1.54, 1.807) is 19.9 Å². The number of methoxy groups -OCH3 is 1. The lowest BCUT2D eigenvalue weighted by Gasteiger charge is -2.24. The van der Waals surface area contributed by atoms with Gasteiger partial charge in [-0.15, -0.1) is 21.5 Å². The molecule has 0 radical (unpaired) electrons. The average Bonchev–Trinajstić information content (AvgIpc) is 3.60. The second kappa shape index (κ2) is 11.1. The van der Waals surface area contributed by atoms with Crippen molar-refractivity contribution in [3.05, 3.63) is 85.0 Å². The number of carbonyl (C=O) groups excluding carboxylic acids is 2. The van der Waals surface area contributed by atoms with E-state index in [0.717, 1.165) is 5.56 Å². The Balaban J connectivity index is 1.58. The summed E-state index contributed by atoms with van der Waals surface area (Å²) in [6.45, 7) is 3.49. The van der Waals surface area contributed by atoms with Crippen molar-refractivity contribution in [2.24, 2.45) is 0 Å². The van der Waals surface area contributed by atoms with E-state index in [2.05, 4.69) is 31.1 Å². The molecule has 5 rings (SSSR count). The van der Waals surface area contributed by atoms with Crippen LogP contribution in [0.1, 0.15) is 37.5 Å².